The summed E-state index contributed by atoms with van der Waals surface area (Å²) in [6.45, 7) is 10.8. The molecule has 5 atom stereocenters. The number of ketones is 1. The monoisotopic (exact) mass is 234 g/mol. The molecule has 2 heteroatoms. The Kier molecular flexibility index (Phi) is 2.17. The summed E-state index contributed by atoms with van der Waals surface area (Å²) < 4.78 is 6.22. The Hall–Kier alpha value is -0.630. The third-order valence-corrected chi connectivity index (χ3v) is 5.96. The van der Waals surface area contributed by atoms with Gasteiger partial charge in [0.25, 0.3) is 0 Å². The molecule has 0 aromatic carbocycles. The van der Waals surface area contributed by atoms with Gasteiger partial charge in [0, 0.05) is 17.8 Å². The third-order valence-electron chi connectivity index (χ3n) is 5.96. The average Bonchev–Trinajstić information content (AvgIpc) is 2.55. The molecule has 1 aliphatic heterocycles. The Morgan fingerprint density at radius 3 is 2.82 bits per heavy atom. The minimum Gasteiger partial charge on any atom is -0.373 e. The van der Waals surface area contributed by atoms with E-state index in [1.807, 2.05) is 6.92 Å². The van der Waals surface area contributed by atoms with E-state index in [2.05, 4.69) is 20.4 Å². The Labute approximate surface area is 103 Å². The summed E-state index contributed by atoms with van der Waals surface area (Å²) in [5, 5.41) is 0. The van der Waals surface area contributed by atoms with Gasteiger partial charge in [0.05, 0.1) is 12.2 Å². The molecule has 94 valence electrons. The minimum atomic E-state index is 0.0132. The van der Waals surface area contributed by atoms with Crippen LogP contribution >= 0.6 is 0 Å². The maximum atomic E-state index is 12.1. The van der Waals surface area contributed by atoms with Crippen LogP contribution in [0.5, 0.6) is 0 Å². The van der Waals surface area contributed by atoms with Crippen LogP contribution in [0.2, 0.25) is 0 Å². The predicted octanol–water partition coefficient (Wildman–Crippen LogP) is 3.12. The quantitative estimate of drug-likeness (QED) is 0.602. The second-order valence-corrected chi connectivity index (χ2v) is 6.70. The molecule has 0 amide bonds. The van der Waals surface area contributed by atoms with Gasteiger partial charge in [0.15, 0.2) is 0 Å². The van der Waals surface area contributed by atoms with E-state index in [1.165, 1.54) is 5.57 Å². The molecule has 0 radical (unpaired) electrons. The second-order valence-electron chi connectivity index (χ2n) is 6.70. The number of fused-ring (bicyclic) bond motifs is 4. The van der Waals surface area contributed by atoms with Crippen molar-refractivity contribution >= 4 is 5.78 Å². The Morgan fingerprint density at radius 1 is 1.41 bits per heavy atom. The first kappa shape index (κ1) is 11.5. The normalized spacial score (nSPS) is 53.7. The summed E-state index contributed by atoms with van der Waals surface area (Å²) in [6, 6.07) is 0. The number of rotatable bonds is 0. The van der Waals surface area contributed by atoms with Crippen molar-refractivity contribution in [3.8, 4) is 0 Å². The highest BCUT2D eigenvalue weighted by Gasteiger charge is 2.62. The first-order valence-electron chi connectivity index (χ1n) is 6.75. The molecule has 0 spiro atoms. The maximum Gasteiger partial charge on any atom is 0.138 e. The van der Waals surface area contributed by atoms with Crippen molar-refractivity contribution in [1.29, 1.82) is 0 Å². The van der Waals surface area contributed by atoms with Gasteiger partial charge in [0.2, 0.25) is 0 Å². The second kappa shape index (κ2) is 3.23. The third kappa shape index (κ3) is 1.22. The highest BCUT2D eigenvalue weighted by atomic mass is 16.5. The lowest BCUT2D eigenvalue weighted by atomic mass is 9.52. The molecule has 3 aliphatic rings. The van der Waals surface area contributed by atoms with Crippen molar-refractivity contribution in [2.45, 2.75) is 58.7 Å². The molecule has 0 aromatic heterocycles. The number of hydrogen-bond acceptors (Lipinski definition) is 2. The van der Waals surface area contributed by atoms with Gasteiger partial charge in [-0.2, -0.15) is 0 Å². The van der Waals surface area contributed by atoms with Crippen LogP contribution in [0.3, 0.4) is 0 Å². The molecule has 2 nitrogen and oxygen atoms in total. The van der Waals surface area contributed by atoms with Crippen LogP contribution in [-0.2, 0) is 9.53 Å². The van der Waals surface area contributed by atoms with Crippen LogP contribution in [-0.4, -0.2) is 18.0 Å². The number of hydrogen-bond donors (Lipinski definition) is 0. The molecule has 1 heterocycles. The molecule has 3 fully saturated rings. The van der Waals surface area contributed by atoms with Crippen molar-refractivity contribution < 1.29 is 9.53 Å². The Balaban J connectivity index is 2.06. The number of carbonyl (C=O) groups is 1. The minimum absolute atomic E-state index is 0.0132. The Morgan fingerprint density at radius 2 is 2.12 bits per heavy atom. The molecule has 3 rings (SSSR count). The first-order chi connectivity index (χ1) is 7.88. The SMILES string of the molecule is C=C1CC[C@@H]2O[C@@H]3C[C@@](C)(CC(=O)[C@@H]3C)[C@]12C. The zero-order valence-corrected chi connectivity index (χ0v) is 11.1. The molecule has 1 saturated heterocycles. The molecule has 0 aromatic rings. The zero-order valence-electron chi connectivity index (χ0n) is 11.1. The van der Waals surface area contributed by atoms with E-state index >= 15 is 0 Å². The lowest BCUT2D eigenvalue weighted by Crippen LogP contribution is -2.59. The van der Waals surface area contributed by atoms with E-state index in [-0.39, 0.29) is 29.0 Å². The summed E-state index contributed by atoms with van der Waals surface area (Å²) in [6.07, 6.45) is 4.31. The molecule has 0 N–H and O–H groups in total. The lowest BCUT2D eigenvalue weighted by molar-refractivity contribution is -0.200. The van der Waals surface area contributed by atoms with Gasteiger partial charge in [-0.1, -0.05) is 32.9 Å². The molecule has 2 bridgehead atoms. The van der Waals surface area contributed by atoms with E-state index < -0.39 is 0 Å². The average molecular weight is 234 g/mol. The van der Waals surface area contributed by atoms with E-state index in [0.29, 0.717) is 12.2 Å². The summed E-state index contributed by atoms with van der Waals surface area (Å²) in [4.78, 5) is 12.1. The molecule has 0 unspecified atom stereocenters. The van der Waals surface area contributed by atoms with Crippen LogP contribution in [0.4, 0.5) is 0 Å². The van der Waals surface area contributed by atoms with Crippen molar-refractivity contribution in [2.75, 3.05) is 0 Å². The number of carbonyl (C=O) groups excluding carboxylic acids is 1. The summed E-state index contributed by atoms with van der Waals surface area (Å²) in [5.41, 5.74) is 1.38. The summed E-state index contributed by atoms with van der Waals surface area (Å²) in [7, 11) is 0. The topological polar surface area (TPSA) is 26.3 Å². The van der Waals surface area contributed by atoms with E-state index in [0.717, 1.165) is 19.3 Å². The fourth-order valence-corrected chi connectivity index (χ4v) is 4.32. The maximum absolute atomic E-state index is 12.1. The van der Waals surface area contributed by atoms with Gasteiger partial charge in [-0.15, -0.1) is 0 Å². The lowest BCUT2D eigenvalue weighted by Gasteiger charge is -2.58. The fraction of sp³-hybridized carbons (Fsp3) is 0.800. The summed E-state index contributed by atoms with van der Waals surface area (Å²) in [5.74, 6) is 0.463. The molecule has 2 aliphatic carbocycles. The smallest absolute Gasteiger partial charge is 0.138 e. The van der Waals surface area contributed by atoms with Gasteiger partial charge < -0.3 is 4.74 Å². The first-order valence-corrected chi connectivity index (χ1v) is 6.75. The van der Waals surface area contributed by atoms with Gasteiger partial charge in [-0.3, -0.25) is 4.79 Å². The predicted molar refractivity (Wildman–Crippen MR) is 66.7 cm³/mol. The van der Waals surface area contributed by atoms with Crippen LogP contribution in [0.25, 0.3) is 0 Å². The van der Waals surface area contributed by atoms with E-state index in [1.54, 1.807) is 0 Å². The highest BCUT2D eigenvalue weighted by molar-refractivity contribution is 5.83. The van der Waals surface area contributed by atoms with E-state index in [4.69, 9.17) is 4.74 Å². The molecular weight excluding hydrogens is 212 g/mol. The van der Waals surface area contributed by atoms with Crippen LogP contribution in [0.15, 0.2) is 12.2 Å². The van der Waals surface area contributed by atoms with Crippen LogP contribution in [0.1, 0.15) is 46.5 Å². The van der Waals surface area contributed by atoms with Gasteiger partial charge in [0.1, 0.15) is 5.78 Å². The molecular formula is C15H22O2. The fourth-order valence-electron chi connectivity index (χ4n) is 4.32. The standard InChI is InChI=1S/C15H22O2/c1-9-5-6-13-15(9,4)14(3)7-11(16)10(2)12(8-14)17-13/h10,12-13H,1,5-8H2,2-4H3/t10-,12+,13-,14+,15+/m0/s1. The van der Waals surface area contributed by atoms with E-state index in [9.17, 15) is 4.79 Å². The largest absolute Gasteiger partial charge is 0.373 e. The Bertz CT molecular complexity index is 400. The van der Waals surface area contributed by atoms with Crippen molar-refractivity contribution in [3.05, 3.63) is 12.2 Å². The van der Waals surface area contributed by atoms with Crippen molar-refractivity contribution in [2.24, 2.45) is 16.7 Å². The number of Topliss-reactive ketones (excluding diaryl/α,β-unsaturated/α-hetero) is 1. The zero-order chi connectivity index (χ0) is 12.4. The van der Waals surface area contributed by atoms with Gasteiger partial charge in [-0.05, 0) is 24.7 Å². The number of ether oxygens (including phenoxy) is 1. The highest BCUT2D eigenvalue weighted by Crippen LogP contribution is 2.63. The van der Waals surface area contributed by atoms with Crippen molar-refractivity contribution in [3.63, 3.8) is 0 Å². The van der Waals surface area contributed by atoms with Gasteiger partial charge >= 0.3 is 0 Å². The molecule has 2 saturated carbocycles. The summed E-state index contributed by atoms with van der Waals surface area (Å²) >= 11 is 0. The van der Waals surface area contributed by atoms with Crippen LogP contribution < -0.4 is 0 Å². The van der Waals surface area contributed by atoms with Crippen LogP contribution in [0, 0.1) is 16.7 Å². The van der Waals surface area contributed by atoms with Gasteiger partial charge in [-0.25, -0.2) is 0 Å². The molecule has 17 heavy (non-hydrogen) atoms. The van der Waals surface area contributed by atoms with Crippen molar-refractivity contribution in [1.82, 2.24) is 0 Å².